The van der Waals surface area contributed by atoms with E-state index in [0.29, 0.717) is 10.0 Å². The molecule has 3 aromatic rings. The lowest BCUT2D eigenvalue weighted by atomic mass is 10.1. The number of nitrogens with one attached hydrogen (secondary N) is 1. The van der Waals surface area contributed by atoms with Crippen molar-refractivity contribution in [2.75, 3.05) is 4.90 Å². The summed E-state index contributed by atoms with van der Waals surface area (Å²) in [5.41, 5.74) is 1.72. The van der Waals surface area contributed by atoms with Crippen LogP contribution in [0.4, 0.5) is 10.5 Å². The Bertz CT molecular complexity index is 1400. The number of nitrogens with zero attached hydrogens (tertiary/aromatic N) is 1. The lowest BCUT2D eigenvalue weighted by Gasteiger charge is -2.26. The normalized spacial score (nSPS) is 14.9. The highest BCUT2D eigenvalue weighted by Crippen LogP contribution is 2.35. The minimum absolute atomic E-state index is 0.116. The summed E-state index contributed by atoms with van der Waals surface area (Å²) in [5, 5.41) is 3.51. The van der Waals surface area contributed by atoms with Gasteiger partial charge in [0, 0.05) is 20.6 Å². The Hall–Kier alpha value is -3.03. The smallest absolute Gasteiger partial charge is 0.335 e. The van der Waals surface area contributed by atoms with Gasteiger partial charge in [0.1, 0.15) is 17.9 Å². The average molecular weight is 550 g/mol. The first-order chi connectivity index (χ1) is 16.6. The zero-order valence-electron chi connectivity index (χ0n) is 18.1. The molecule has 1 fully saturated rings. The third-order valence-electron chi connectivity index (χ3n) is 5.12. The Kier molecular flexibility index (Phi) is 7.38. The van der Waals surface area contributed by atoms with Crippen molar-refractivity contribution in [3.63, 3.8) is 0 Å². The molecule has 0 spiro atoms. The highest BCUT2D eigenvalue weighted by atomic mass is 35.5. The van der Waals surface area contributed by atoms with Gasteiger partial charge in [-0.2, -0.15) is 0 Å². The molecule has 3 aromatic carbocycles. The molecule has 0 aromatic heterocycles. The molecule has 0 bridgehead atoms. The molecule has 1 saturated heterocycles. The Morgan fingerprint density at radius 1 is 0.914 bits per heavy atom. The molecule has 6 nitrogen and oxygen atoms in total. The molecule has 178 valence electrons. The van der Waals surface area contributed by atoms with Crippen LogP contribution in [0.15, 0.2) is 60.2 Å². The summed E-state index contributed by atoms with van der Waals surface area (Å²) >= 11 is 24.8. The van der Waals surface area contributed by atoms with E-state index in [1.54, 1.807) is 37.3 Å². The van der Waals surface area contributed by atoms with Crippen molar-refractivity contribution in [3.8, 4) is 5.75 Å². The van der Waals surface area contributed by atoms with Gasteiger partial charge in [0.05, 0.1) is 10.7 Å². The second-order valence-electron chi connectivity index (χ2n) is 7.62. The Morgan fingerprint density at radius 3 is 2.40 bits per heavy atom. The number of aryl methyl sites for hydroxylation is 1. The monoisotopic (exact) mass is 548 g/mol. The van der Waals surface area contributed by atoms with Gasteiger partial charge in [0.2, 0.25) is 0 Å². The first-order valence-electron chi connectivity index (χ1n) is 10.2. The molecule has 4 amide bonds. The van der Waals surface area contributed by atoms with Gasteiger partial charge in [-0.15, -0.1) is 0 Å². The maximum Gasteiger partial charge on any atom is 0.335 e. The van der Waals surface area contributed by atoms with Crippen LogP contribution < -0.4 is 15.0 Å². The molecule has 4 rings (SSSR count). The minimum Gasteiger partial charge on any atom is -0.487 e. The number of rotatable bonds is 5. The summed E-state index contributed by atoms with van der Waals surface area (Å²) in [6.45, 7) is 1.90. The van der Waals surface area contributed by atoms with Crippen LogP contribution in [0.2, 0.25) is 20.1 Å². The van der Waals surface area contributed by atoms with Crippen molar-refractivity contribution in [2.45, 2.75) is 13.5 Å². The molecule has 35 heavy (non-hydrogen) atoms. The topological polar surface area (TPSA) is 75.7 Å². The fourth-order valence-electron chi connectivity index (χ4n) is 3.39. The lowest BCUT2D eigenvalue weighted by molar-refractivity contribution is -0.122. The molecule has 0 radical (unpaired) electrons. The maximum absolute atomic E-state index is 13.3. The van der Waals surface area contributed by atoms with Crippen LogP contribution in [-0.2, 0) is 16.2 Å². The van der Waals surface area contributed by atoms with Crippen molar-refractivity contribution >= 4 is 76.0 Å². The number of ether oxygens (including phenoxy) is 1. The number of hydrogen-bond acceptors (Lipinski definition) is 4. The third kappa shape index (κ3) is 5.46. The van der Waals surface area contributed by atoms with E-state index in [9.17, 15) is 14.4 Å². The van der Waals surface area contributed by atoms with E-state index in [0.717, 1.165) is 16.0 Å². The number of urea groups is 1. The molecule has 1 N–H and O–H groups in total. The van der Waals surface area contributed by atoms with Gasteiger partial charge in [0.15, 0.2) is 0 Å². The molecule has 0 unspecified atom stereocenters. The number of hydrogen-bond donors (Lipinski definition) is 1. The van der Waals surface area contributed by atoms with E-state index in [1.165, 1.54) is 24.3 Å². The molecule has 0 saturated carbocycles. The van der Waals surface area contributed by atoms with Crippen LogP contribution in [-0.4, -0.2) is 17.8 Å². The van der Waals surface area contributed by atoms with Crippen LogP contribution >= 0.6 is 46.4 Å². The van der Waals surface area contributed by atoms with E-state index in [2.05, 4.69) is 5.32 Å². The fourth-order valence-corrected chi connectivity index (χ4v) is 4.34. The summed E-state index contributed by atoms with van der Waals surface area (Å²) < 4.78 is 5.90. The van der Waals surface area contributed by atoms with Gasteiger partial charge in [-0.3, -0.25) is 14.9 Å². The molecule has 1 heterocycles. The minimum atomic E-state index is -0.890. The summed E-state index contributed by atoms with van der Waals surface area (Å²) in [6, 6.07) is 13.8. The van der Waals surface area contributed by atoms with Gasteiger partial charge in [-0.05, 0) is 60.5 Å². The van der Waals surface area contributed by atoms with E-state index in [4.69, 9.17) is 51.1 Å². The highest BCUT2D eigenvalue weighted by Gasteiger charge is 2.37. The largest absolute Gasteiger partial charge is 0.487 e. The zero-order valence-corrected chi connectivity index (χ0v) is 21.1. The van der Waals surface area contributed by atoms with Gasteiger partial charge < -0.3 is 4.74 Å². The SMILES string of the molecule is Cc1ccc(N2C(=O)NC(=O)/C(=C\c3cc(Cl)cc(Cl)c3OCc3cccc(Cl)c3)C2=O)cc1Cl. The van der Waals surface area contributed by atoms with Crippen LogP contribution in [0.25, 0.3) is 6.08 Å². The quantitative estimate of drug-likeness (QED) is 0.279. The second kappa shape index (κ2) is 10.3. The van der Waals surface area contributed by atoms with Crippen molar-refractivity contribution in [2.24, 2.45) is 0 Å². The fraction of sp³-hybridized carbons (Fsp3) is 0.0800. The number of anilines is 1. The van der Waals surface area contributed by atoms with Gasteiger partial charge in [-0.25, -0.2) is 9.69 Å². The molecular formula is C25H16Cl4N2O4. The molecule has 1 aliphatic heterocycles. The van der Waals surface area contributed by atoms with Gasteiger partial charge in [0.25, 0.3) is 11.8 Å². The average Bonchev–Trinajstić information content (AvgIpc) is 2.78. The van der Waals surface area contributed by atoms with Crippen LogP contribution in [0.1, 0.15) is 16.7 Å². The highest BCUT2D eigenvalue weighted by molar-refractivity contribution is 6.40. The Balaban J connectivity index is 1.72. The number of carbonyl (C=O) groups excluding carboxylic acids is 3. The van der Waals surface area contributed by atoms with E-state index < -0.39 is 17.8 Å². The standard InChI is InChI=1S/C25H16Cl4N2O4/c1-13-5-6-18(11-20(13)28)31-24(33)19(23(32)30-25(31)34)9-15-8-17(27)10-21(29)22(15)35-12-14-3-2-4-16(26)7-14/h2-11H,12H2,1H3,(H,30,32,34)/b19-9+. The van der Waals surface area contributed by atoms with E-state index in [1.807, 2.05) is 6.07 Å². The predicted octanol–water partition coefficient (Wildman–Crippen LogP) is 6.85. The zero-order chi connectivity index (χ0) is 25.3. The van der Waals surface area contributed by atoms with E-state index >= 15 is 0 Å². The van der Waals surface area contributed by atoms with Crippen molar-refractivity contribution in [1.29, 1.82) is 0 Å². The first kappa shape index (κ1) is 25.1. The molecule has 0 aliphatic carbocycles. The second-order valence-corrected chi connectivity index (χ2v) is 9.30. The molecule has 0 atom stereocenters. The number of imide groups is 2. The molecule has 1 aliphatic rings. The van der Waals surface area contributed by atoms with Crippen LogP contribution in [0.5, 0.6) is 5.75 Å². The number of carbonyl (C=O) groups is 3. The lowest BCUT2D eigenvalue weighted by Crippen LogP contribution is -2.54. The van der Waals surface area contributed by atoms with Crippen molar-refractivity contribution in [3.05, 3.63) is 97.0 Å². The third-order valence-corrected chi connectivity index (χ3v) is 6.27. The summed E-state index contributed by atoms with van der Waals surface area (Å²) in [4.78, 5) is 39.2. The van der Waals surface area contributed by atoms with Gasteiger partial charge in [-0.1, -0.05) is 64.6 Å². The van der Waals surface area contributed by atoms with Crippen molar-refractivity contribution < 1.29 is 19.1 Å². The van der Waals surface area contributed by atoms with Crippen LogP contribution in [0.3, 0.4) is 0 Å². The summed E-state index contributed by atoms with van der Waals surface area (Å²) in [7, 11) is 0. The Morgan fingerprint density at radius 2 is 1.69 bits per heavy atom. The number of halogens is 4. The molecular weight excluding hydrogens is 534 g/mol. The van der Waals surface area contributed by atoms with Gasteiger partial charge >= 0.3 is 6.03 Å². The Labute approximate surface area is 221 Å². The summed E-state index contributed by atoms with van der Waals surface area (Å²) in [5.74, 6) is -1.51. The maximum atomic E-state index is 13.3. The predicted molar refractivity (Wildman–Crippen MR) is 137 cm³/mol. The number of benzene rings is 3. The van der Waals surface area contributed by atoms with Crippen molar-refractivity contribution in [1.82, 2.24) is 5.32 Å². The van der Waals surface area contributed by atoms with E-state index in [-0.39, 0.29) is 39.2 Å². The number of barbiturate groups is 1. The summed E-state index contributed by atoms with van der Waals surface area (Å²) in [6.07, 6.45) is 1.28. The molecule has 10 heteroatoms. The first-order valence-corrected chi connectivity index (χ1v) is 11.7. The van der Waals surface area contributed by atoms with Crippen LogP contribution in [0, 0.1) is 6.92 Å². The number of amides is 4.